The predicted octanol–water partition coefficient (Wildman–Crippen LogP) is 8.74. The minimum Gasteiger partial charge on any atom is -0.546 e. The Hall–Kier alpha value is -2.26. The lowest BCUT2D eigenvalue weighted by atomic mass is 9.84. The molecule has 0 heterocycles. The van der Waals surface area contributed by atoms with Gasteiger partial charge in [0.25, 0.3) is 8.32 Å². The minimum atomic E-state index is -1.96. The molecule has 2 nitrogen and oxygen atoms in total. The smallest absolute Gasteiger partial charge is 0.258 e. The van der Waals surface area contributed by atoms with E-state index >= 15 is 0 Å². The highest BCUT2D eigenvalue weighted by atomic mass is 28.4. The molecule has 0 spiro atoms. The predicted molar refractivity (Wildman–Crippen MR) is 138 cm³/mol. The van der Waals surface area contributed by atoms with E-state index in [0.29, 0.717) is 23.2 Å². The summed E-state index contributed by atoms with van der Waals surface area (Å²) in [4.78, 5) is 0. The van der Waals surface area contributed by atoms with E-state index in [4.69, 9.17) is 9.16 Å². The standard InChI is InChI=1S/C29H40O2Si/c1-22(2)32(23(3)4,24(5)6)31-28-18-17-27(21-30-20-25-13-9-7-10-14-25)29(19-28)26-15-11-8-12-16-26/h7-16,19,21-24,29H,17-18,20H2,1-6H3/b27-21+. The number of benzene rings is 2. The molecule has 2 aromatic carbocycles. The van der Waals surface area contributed by atoms with Crippen molar-refractivity contribution in [2.75, 3.05) is 0 Å². The van der Waals surface area contributed by atoms with Gasteiger partial charge in [-0.2, -0.15) is 0 Å². The molecule has 0 amide bonds. The van der Waals surface area contributed by atoms with Crippen LogP contribution in [0.5, 0.6) is 0 Å². The maximum absolute atomic E-state index is 7.07. The first-order chi connectivity index (χ1) is 15.3. The monoisotopic (exact) mass is 448 g/mol. The second-order valence-corrected chi connectivity index (χ2v) is 15.3. The van der Waals surface area contributed by atoms with Crippen molar-refractivity contribution < 1.29 is 9.16 Å². The van der Waals surface area contributed by atoms with Gasteiger partial charge < -0.3 is 9.16 Å². The molecule has 0 N–H and O–H groups in total. The van der Waals surface area contributed by atoms with E-state index in [9.17, 15) is 0 Å². The first-order valence-corrected chi connectivity index (χ1v) is 14.3. The second kappa shape index (κ2) is 11.0. The molecular weight excluding hydrogens is 408 g/mol. The van der Waals surface area contributed by atoms with Gasteiger partial charge >= 0.3 is 0 Å². The summed E-state index contributed by atoms with van der Waals surface area (Å²) in [7, 11) is -1.96. The van der Waals surface area contributed by atoms with E-state index in [-0.39, 0.29) is 5.92 Å². The Kier molecular flexibility index (Phi) is 8.42. The molecule has 1 atom stereocenters. The van der Waals surface area contributed by atoms with Crippen LogP contribution in [0, 0.1) is 0 Å². The van der Waals surface area contributed by atoms with Gasteiger partial charge in [0, 0.05) is 12.3 Å². The van der Waals surface area contributed by atoms with Crippen molar-refractivity contribution >= 4 is 8.32 Å². The number of rotatable bonds is 9. The molecule has 2 aromatic rings. The van der Waals surface area contributed by atoms with Crippen molar-refractivity contribution in [2.24, 2.45) is 0 Å². The van der Waals surface area contributed by atoms with E-state index in [2.05, 4.69) is 102 Å². The van der Waals surface area contributed by atoms with Crippen molar-refractivity contribution in [3.63, 3.8) is 0 Å². The van der Waals surface area contributed by atoms with Gasteiger partial charge in [-0.3, -0.25) is 0 Å². The molecule has 1 aliphatic carbocycles. The van der Waals surface area contributed by atoms with E-state index in [1.54, 1.807) is 0 Å². The van der Waals surface area contributed by atoms with Crippen LogP contribution in [0.25, 0.3) is 0 Å². The minimum absolute atomic E-state index is 0.203. The zero-order valence-electron chi connectivity index (χ0n) is 20.7. The highest BCUT2D eigenvalue weighted by Gasteiger charge is 2.47. The highest BCUT2D eigenvalue weighted by molar-refractivity contribution is 6.77. The summed E-state index contributed by atoms with van der Waals surface area (Å²) in [5.41, 5.74) is 5.54. The van der Waals surface area contributed by atoms with Crippen LogP contribution >= 0.6 is 0 Å². The summed E-state index contributed by atoms with van der Waals surface area (Å²) >= 11 is 0. The molecule has 32 heavy (non-hydrogen) atoms. The Balaban J connectivity index is 1.87. The molecule has 1 aliphatic rings. The Morgan fingerprint density at radius 3 is 1.94 bits per heavy atom. The van der Waals surface area contributed by atoms with E-state index < -0.39 is 8.32 Å². The van der Waals surface area contributed by atoms with E-state index in [1.165, 1.54) is 22.5 Å². The summed E-state index contributed by atoms with van der Waals surface area (Å²) in [5, 5.41) is 0. The summed E-state index contributed by atoms with van der Waals surface area (Å²) < 4.78 is 13.1. The number of hydrogen-bond donors (Lipinski definition) is 0. The fourth-order valence-corrected chi connectivity index (χ4v) is 10.7. The molecule has 0 aromatic heterocycles. The van der Waals surface area contributed by atoms with Gasteiger partial charge in [0.1, 0.15) is 6.61 Å². The van der Waals surface area contributed by atoms with Crippen molar-refractivity contribution in [3.8, 4) is 0 Å². The van der Waals surface area contributed by atoms with Crippen LogP contribution in [-0.2, 0) is 15.8 Å². The average Bonchev–Trinajstić information content (AvgIpc) is 2.78. The summed E-state index contributed by atoms with van der Waals surface area (Å²) in [5.74, 6) is 1.38. The third kappa shape index (κ3) is 5.56. The Bertz CT molecular complexity index is 875. The third-order valence-corrected chi connectivity index (χ3v) is 12.9. The fraction of sp³-hybridized carbons (Fsp3) is 0.448. The van der Waals surface area contributed by atoms with Crippen molar-refractivity contribution in [2.45, 2.75) is 83.5 Å². The zero-order chi connectivity index (χ0) is 23.1. The lowest BCUT2D eigenvalue weighted by Crippen LogP contribution is -2.47. The van der Waals surface area contributed by atoms with Gasteiger partial charge in [-0.05, 0) is 45.8 Å². The van der Waals surface area contributed by atoms with Crippen LogP contribution in [0.1, 0.15) is 71.4 Å². The van der Waals surface area contributed by atoms with Crippen molar-refractivity contribution in [1.82, 2.24) is 0 Å². The Morgan fingerprint density at radius 1 is 0.812 bits per heavy atom. The first kappa shape index (κ1) is 24.4. The first-order valence-electron chi connectivity index (χ1n) is 12.1. The van der Waals surface area contributed by atoms with Crippen LogP contribution in [-0.4, -0.2) is 8.32 Å². The van der Waals surface area contributed by atoms with Crippen LogP contribution in [0.15, 0.2) is 84.3 Å². The van der Waals surface area contributed by atoms with Crippen LogP contribution in [0.3, 0.4) is 0 Å². The summed E-state index contributed by atoms with van der Waals surface area (Å²) in [6.07, 6.45) is 6.28. The second-order valence-electron chi connectivity index (χ2n) is 9.93. The SMILES string of the molecule is CC(C)[Si](OC1=CC(c2ccccc2)/C(=C/OCc2ccccc2)CC1)(C(C)C)C(C)C. The Labute approximate surface area is 196 Å². The maximum atomic E-state index is 7.07. The molecule has 172 valence electrons. The number of ether oxygens (including phenoxy) is 1. The average molecular weight is 449 g/mol. The van der Waals surface area contributed by atoms with Crippen molar-refractivity contribution in [3.05, 3.63) is 95.5 Å². The van der Waals surface area contributed by atoms with E-state index in [0.717, 1.165) is 12.8 Å². The number of allylic oxidation sites excluding steroid dienone is 3. The maximum Gasteiger partial charge on any atom is 0.258 e. The quantitative estimate of drug-likeness (QED) is 0.282. The zero-order valence-corrected chi connectivity index (χ0v) is 21.7. The third-order valence-electron chi connectivity index (χ3n) is 6.91. The van der Waals surface area contributed by atoms with E-state index in [1.807, 2.05) is 12.3 Å². The molecule has 0 aliphatic heterocycles. The van der Waals surface area contributed by atoms with Crippen molar-refractivity contribution in [1.29, 1.82) is 0 Å². The van der Waals surface area contributed by atoms with Gasteiger partial charge in [-0.25, -0.2) is 0 Å². The molecule has 3 rings (SSSR count). The molecule has 0 saturated carbocycles. The molecular formula is C29H40O2Si. The van der Waals surface area contributed by atoms with Gasteiger partial charge in [0.15, 0.2) is 0 Å². The lowest BCUT2D eigenvalue weighted by molar-refractivity contribution is 0.230. The largest absolute Gasteiger partial charge is 0.546 e. The molecule has 1 unspecified atom stereocenters. The molecule has 3 heteroatoms. The fourth-order valence-electron chi connectivity index (χ4n) is 5.39. The highest BCUT2D eigenvalue weighted by Crippen LogP contribution is 2.46. The normalized spacial score (nSPS) is 18.3. The Morgan fingerprint density at radius 2 is 1.38 bits per heavy atom. The molecule has 0 fully saturated rings. The van der Waals surface area contributed by atoms with Gasteiger partial charge in [-0.1, -0.05) is 102 Å². The lowest BCUT2D eigenvalue weighted by Gasteiger charge is -2.44. The number of hydrogen-bond acceptors (Lipinski definition) is 2. The van der Waals surface area contributed by atoms with Crippen LogP contribution in [0.2, 0.25) is 16.6 Å². The summed E-state index contributed by atoms with van der Waals surface area (Å²) in [6.45, 7) is 14.7. The molecule has 0 saturated heterocycles. The van der Waals surface area contributed by atoms with Gasteiger partial charge in [-0.15, -0.1) is 0 Å². The summed E-state index contributed by atoms with van der Waals surface area (Å²) in [6, 6.07) is 21.1. The van der Waals surface area contributed by atoms with Gasteiger partial charge in [0.2, 0.25) is 0 Å². The molecule has 0 bridgehead atoms. The van der Waals surface area contributed by atoms with Gasteiger partial charge in [0.05, 0.1) is 12.0 Å². The molecule has 0 radical (unpaired) electrons. The van der Waals surface area contributed by atoms with Crippen LogP contribution < -0.4 is 0 Å². The topological polar surface area (TPSA) is 18.5 Å². The van der Waals surface area contributed by atoms with Crippen LogP contribution in [0.4, 0.5) is 0 Å².